The molecule has 0 radical (unpaired) electrons. The van der Waals surface area contributed by atoms with Gasteiger partial charge in [-0.15, -0.1) is 0 Å². The molecule has 1 unspecified atom stereocenters. The molecular weight excluding hydrogens is 290 g/mol. The topological polar surface area (TPSA) is 49.8 Å². The number of aliphatic hydroxyl groups excluding tert-OH is 1. The maximum atomic E-state index is 12.4. The third-order valence-electron chi connectivity index (χ3n) is 3.63. The molecule has 0 spiro atoms. The Morgan fingerprint density at radius 3 is 2.48 bits per heavy atom. The first kappa shape index (κ1) is 17.2. The van der Waals surface area contributed by atoms with E-state index in [1.54, 1.807) is 13.1 Å². The summed E-state index contributed by atoms with van der Waals surface area (Å²) < 4.78 is 5.50. The van der Waals surface area contributed by atoms with E-state index < -0.39 is 6.10 Å². The lowest BCUT2D eigenvalue weighted by Crippen LogP contribution is -2.36. The van der Waals surface area contributed by atoms with Crippen LogP contribution in [-0.4, -0.2) is 42.2 Å². The Morgan fingerprint density at radius 1 is 1.13 bits per heavy atom. The van der Waals surface area contributed by atoms with Gasteiger partial charge in [0.2, 0.25) is 0 Å². The molecule has 0 saturated carbocycles. The number of hydrogen-bond donors (Lipinski definition) is 1. The fraction of sp³-hybridized carbons (Fsp3) is 0.316. The molecule has 0 heterocycles. The Hall–Kier alpha value is -2.17. The molecule has 0 aromatic heterocycles. The van der Waals surface area contributed by atoms with Crippen molar-refractivity contribution in [1.29, 1.82) is 0 Å². The maximum absolute atomic E-state index is 12.4. The van der Waals surface area contributed by atoms with Crippen LogP contribution in [0.2, 0.25) is 0 Å². The summed E-state index contributed by atoms with van der Waals surface area (Å²) >= 11 is 0. The van der Waals surface area contributed by atoms with Crippen LogP contribution in [0.25, 0.3) is 0 Å². The Labute approximate surface area is 137 Å². The van der Waals surface area contributed by atoms with Crippen LogP contribution in [0.1, 0.15) is 21.5 Å². The molecule has 1 N–H and O–H groups in total. The monoisotopic (exact) mass is 313 g/mol. The van der Waals surface area contributed by atoms with Gasteiger partial charge in [0.25, 0.3) is 5.91 Å². The maximum Gasteiger partial charge on any atom is 0.253 e. The summed E-state index contributed by atoms with van der Waals surface area (Å²) in [5.41, 5.74) is 2.65. The van der Waals surface area contributed by atoms with Crippen molar-refractivity contribution in [3.8, 4) is 0 Å². The molecule has 1 amide bonds. The van der Waals surface area contributed by atoms with Crippen LogP contribution in [-0.2, 0) is 11.3 Å². The van der Waals surface area contributed by atoms with Gasteiger partial charge in [-0.1, -0.05) is 48.5 Å². The molecule has 0 bridgehead atoms. The van der Waals surface area contributed by atoms with Gasteiger partial charge in [0, 0.05) is 19.2 Å². The summed E-state index contributed by atoms with van der Waals surface area (Å²) in [6.07, 6.45) is -0.711. The zero-order valence-electron chi connectivity index (χ0n) is 13.6. The van der Waals surface area contributed by atoms with Gasteiger partial charge in [0.15, 0.2) is 0 Å². The van der Waals surface area contributed by atoms with E-state index in [2.05, 4.69) is 0 Å². The van der Waals surface area contributed by atoms with E-state index in [0.29, 0.717) is 12.2 Å². The van der Waals surface area contributed by atoms with Gasteiger partial charge in [0.05, 0.1) is 19.3 Å². The zero-order valence-corrected chi connectivity index (χ0v) is 13.6. The molecule has 23 heavy (non-hydrogen) atoms. The summed E-state index contributed by atoms with van der Waals surface area (Å²) in [4.78, 5) is 13.9. The molecule has 1 atom stereocenters. The van der Waals surface area contributed by atoms with Crippen molar-refractivity contribution in [2.45, 2.75) is 19.6 Å². The van der Waals surface area contributed by atoms with Crippen LogP contribution in [0.3, 0.4) is 0 Å². The molecule has 0 aliphatic carbocycles. The number of likely N-dealkylation sites (N-methyl/N-ethyl adjacent to an activating group) is 1. The van der Waals surface area contributed by atoms with Crippen molar-refractivity contribution in [1.82, 2.24) is 4.90 Å². The first-order valence-electron chi connectivity index (χ1n) is 7.68. The minimum absolute atomic E-state index is 0.0924. The van der Waals surface area contributed by atoms with Gasteiger partial charge in [-0.25, -0.2) is 0 Å². The molecule has 4 nitrogen and oxygen atoms in total. The van der Waals surface area contributed by atoms with Crippen LogP contribution in [0.4, 0.5) is 0 Å². The van der Waals surface area contributed by atoms with E-state index >= 15 is 0 Å². The molecule has 0 aliphatic rings. The molecule has 0 saturated heterocycles. The van der Waals surface area contributed by atoms with Crippen molar-refractivity contribution in [3.05, 3.63) is 71.3 Å². The second-order valence-corrected chi connectivity index (χ2v) is 5.66. The molecular formula is C19H23NO3. The highest BCUT2D eigenvalue weighted by atomic mass is 16.5. The Bertz CT molecular complexity index is 628. The van der Waals surface area contributed by atoms with Gasteiger partial charge in [-0.3, -0.25) is 4.79 Å². The Kier molecular flexibility index (Phi) is 6.32. The number of ether oxygens (including phenoxy) is 1. The van der Waals surface area contributed by atoms with Gasteiger partial charge in [-0.05, 0) is 24.1 Å². The van der Waals surface area contributed by atoms with E-state index in [1.165, 1.54) is 4.90 Å². The average molecular weight is 313 g/mol. The number of aryl methyl sites for hydroxylation is 1. The third-order valence-corrected chi connectivity index (χ3v) is 3.63. The number of amides is 1. The van der Waals surface area contributed by atoms with Crippen LogP contribution in [0.15, 0.2) is 54.6 Å². The largest absolute Gasteiger partial charge is 0.389 e. The van der Waals surface area contributed by atoms with Gasteiger partial charge in [-0.2, -0.15) is 0 Å². The number of benzene rings is 2. The number of hydrogen-bond acceptors (Lipinski definition) is 3. The second kappa shape index (κ2) is 8.46. The minimum Gasteiger partial charge on any atom is -0.389 e. The molecule has 2 rings (SSSR count). The van der Waals surface area contributed by atoms with Crippen molar-refractivity contribution >= 4 is 5.91 Å². The smallest absolute Gasteiger partial charge is 0.253 e. The van der Waals surface area contributed by atoms with Crippen LogP contribution >= 0.6 is 0 Å². The summed E-state index contributed by atoms with van der Waals surface area (Å²) in [7, 11) is 1.69. The molecule has 2 aromatic carbocycles. The zero-order chi connectivity index (χ0) is 16.7. The molecule has 0 aliphatic heterocycles. The van der Waals surface area contributed by atoms with Gasteiger partial charge >= 0.3 is 0 Å². The third kappa shape index (κ3) is 5.20. The number of nitrogens with zero attached hydrogens (tertiary/aromatic N) is 1. The van der Waals surface area contributed by atoms with Crippen molar-refractivity contribution < 1.29 is 14.6 Å². The SMILES string of the molecule is Cc1ccccc1C(=O)N(C)CC(O)COCc1ccccc1. The van der Waals surface area contributed by atoms with Crippen molar-refractivity contribution in [2.75, 3.05) is 20.2 Å². The standard InChI is InChI=1S/C19H23NO3/c1-15-8-6-7-11-18(15)19(22)20(2)12-17(21)14-23-13-16-9-4-3-5-10-16/h3-11,17,21H,12-14H2,1-2H3. The highest BCUT2D eigenvalue weighted by Gasteiger charge is 2.16. The highest BCUT2D eigenvalue weighted by molar-refractivity contribution is 5.95. The van der Waals surface area contributed by atoms with E-state index in [0.717, 1.165) is 11.1 Å². The van der Waals surface area contributed by atoms with E-state index in [4.69, 9.17) is 4.74 Å². The predicted molar refractivity (Wildman–Crippen MR) is 90.2 cm³/mol. The lowest BCUT2D eigenvalue weighted by atomic mass is 10.1. The fourth-order valence-corrected chi connectivity index (χ4v) is 2.36. The van der Waals surface area contributed by atoms with Crippen molar-refractivity contribution in [2.24, 2.45) is 0 Å². The molecule has 0 fully saturated rings. The lowest BCUT2D eigenvalue weighted by molar-refractivity contribution is 0.0137. The van der Waals surface area contributed by atoms with Gasteiger partial charge < -0.3 is 14.7 Å². The highest BCUT2D eigenvalue weighted by Crippen LogP contribution is 2.10. The van der Waals surface area contributed by atoms with E-state index in [1.807, 2.05) is 55.5 Å². The minimum atomic E-state index is -0.711. The Balaban J connectivity index is 1.79. The lowest BCUT2D eigenvalue weighted by Gasteiger charge is -2.21. The summed E-state index contributed by atoms with van der Waals surface area (Å²) in [5, 5.41) is 10.0. The predicted octanol–water partition coefficient (Wildman–Crippen LogP) is 2.64. The summed E-state index contributed by atoms with van der Waals surface area (Å²) in [5.74, 6) is -0.0924. The quantitative estimate of drug-likeness (QED) is 0.855. The van der Waals surface area contributed by atoms with E-state index in [-0.39, 0.29) is 19.1 Å². The summed E-state index contributed by atoms with van der Waals surface area (Å²) in [6, 6.07) is 17.2. The van der Waals surface area contributed by atoms with Gasteiger partial charge in [0.1, 0.15) is 0 Å². The molecule has 2 aromatic rings. The number of carbonyl (C=O) groups excluding carboxylic acids is 1. The summed E-state index contributed by atoms with van der Waals surface area (Å²) in [6.45, 7) is 2.79. The first-order chi connectivity index (χ1) is 11.1. The van der Waals surface area contributed by atoms with Crippen LogP contribution in [0, 0.1) is 6.92 Å². The number of rotatable bonds is 7. The molecule has 4 heteroatoms. The number of aliphatic hydroxyl groups is 1. The molecule has 122 valence electrons. The first-order valence-corrected chi connectivity index (χ1v) is 7.68. The normalized spacial score (nSPS) is 12.0. The van der Waals surface area contributed by atoms with Crippen LogP contribution in [0.5, 0.6) is 0 Å². The number of carbonyl (C=O) groups is 1. The Morgan fingerprint density at radius 2 is 1.78 bits per heavy atom. The van der Waals surface area contributed by atoms with Crippen molar-refractivity contribution in [3.63, 3.8) is 0 Å². The van der Waals surface area contributed by atoms with E-state index in [9.17, 15) is 9.90 Å². The second-order valence-electron chi connectivity index (χ2n) is 5.66. The average Bonchev–Trinajstić information content (AvgIpc) is 2.55. The fourth-order valence-electron chi connectivity index (χ4n) is 2.36. The van der Waals surface area contributed by atoms with Crippen LogP contribution < -0.4 is 0 Å².